The Labute approximate surface area is 295 Å². The maximum Gasteiger partial charge on any atom is 0.252 e. The minimum absolute atomic E-state index is 0. The highest BCUT2D eigenvalue weighted by Gasteiger charge is 2.16. The predicted molar refractivity (Wildman–Crippen MR) is 199 cm³/mol. The van der Waals surface area contributed by atoms with Crippen molar-refractivity contribution in [2.75, 3.05) is 65.4 Å². The molecule has 0 bridgehead atoms. The predicted octanol–water partition coefficient (Wildman–Crippen LogP) is 4.83. The molecule has 0 fully saturated rings. The van der Waals surface area contributed by atoms with E-state index in [4.69, 9.17) is 0 Å². The molecule has 0 spiro atoms. The van der Waals surface area contributed by atoms with Gasteiger partial charge in [0.25, 0.3) is 11.8 Å². The first-order chi connectivity index (χ1) is 21.8. The lowest BCUT2D eigenvalue weighted by molar-refractivity contribution is -0.121. The molecule has 0 radical (unpaired) electrons. The summed E-state index contributed by atoms with van der Waals surface area (Å²) >= 11 is 1.47. The van der Waals surface area contributed by atoms with E-state index < -0.39 is 0 Å². The van der Waals surface area contributed by atoms with E-state index in [1.807, 2.05) is 29.6 Å². The van der Waals surface area contributed by atoms with E-state index in [2.05, 4.69) is 58.8 Å². The second kappa shape index (κ2) is 22.6. The Balaban J connectivity index is 0.00000552. The molecule has 262 valence electrons. The zero-order chi connectivity index (χ0) is 32.6. The Bertz CT molecular complexity index is 1430. The van der Waals surface area contributed by atoms with Crippen LogP contribution in [0, 0.1) is 0 Å². The summed E-state index contributed by atoms with van der Waals surface area (Å²) in [6.45, 7) is 16.1. The molecule has 0 aliphatic rings. The lowest BCUT2D eigenvalue weighted by Crippen LogP contribution is -2.33. The summed E-state index contributed by atoms with van der Waals surface area (Å²) in [6, 6.07) is 9.20. The maximum absolute atomic E-state index is 13.1. The summed E-state index contributed by atoms with van der Waals surface area (Å²) in [5.41, 5.74) is 1.04. The molecule has 0 saturated heterocycles. The number of benzene rings is 2. The molecule has 4 N–H and O–H groups in total. The normalized spacial score (nSPS) is 10.9. The minimum atomic E-state index is -0.247. The Morgan fingerprint density at radius 2 is 1.17 bits per heavy atom. The van der Waals surface area contributed by atoms with Gasteiger partial charge in [-0.25, -0.2) is 0 Å². The van der Waals surface area contributed by atoms with Gasteiger partial charge in [-0.05, 0) is 92.5 Å². The molecule has 0 aliphatic carbocycles. The van der Waals surface area contributed by atoms with E-state index in [-0.39, 0.29) is 74.4 Å². The van der Waals surface area contributed by atoms with Crippen molar-refractivity contribution in [1.82, 2.24) is 31.1 Å². The lowest BCUT2D eigenvalue weighted by atomic mass is 10.00. The minimum Gasteiger partial charge on any atom is -0.356 e. The molecule has 13 heteroatoms. The van der Waals surface area contributed by atoms with Crippen molar-refractivity contribution in [2.24, 2.45) is 0 Å². The molecule has 0 unspecified atom stereocenters. The van der Waals surface area contributed by atoms with E-state index >= 15 is 0 Å². The Morgan fingerprint density at radius 1 is 0.638 bits per heavy atom. The van der Waals surface area contributed by atoms with Gasteiger partial charge in [-0.15, -0.1) is 36.2 Å². The number of fused-ring (bicyclic) bond motifs is 3. The van der Waals surface area contributed by atoms with Crippen LogP contribution in [-0.2, 0) is 9.59 Å². The molecule has 2 aromatic carbocycles. The van der Waals surface area contributed by atoms with Crippen molar-refractivity contribution < 1.29 is 19.2 Å². The third kappa shape index (κ3) is 13.2. The molecule has 0 saturated carbocycles. The highest BCUT2D eigenvalue weighted by molar-refractivity contribution is 7.17. The fourth-order valence-corrected chi connectivity index (χ4v) is 6.19. The first-order valence-corrected chi connectivity index (χ1v) is 17.2. The molecule has 3 rings (SSSR count). The summed E-state index contributed by atoms with van der Waals surface area (Å²) in [4.78, 5) is 55.1. The molecule has 47 heavy (non-hydrogen) atoms. The molecule has 1 heterocycles. The number of thiophene rings is 1. The summed E-state index contributed by atoms with van der Waals surface area (Å²) in [5, 5.41) is 16.1. The number of halogens is 2. The van der Waals surface area contributed by atoms with Crippen molar-refractivity contribution >= 4 is 80.6 Å². The third-order valence-electron chi connectivity index (χ3n) is 8.07. The van der Waals surface area contributed by atoms with E-state index in [1.165, 1.54) is 11.3 Å². The number of nitrogens with one attached hydrogen (secondary N) is 4. The number of amides is 4. The standard InChI is InChI=1S/C34H50N6O4S.2ClH/c1-5-39(6-2)20-9-16-35-30(41)13-18-37-33(43)26-12-11-25-23-29(32-27(15-22-45-32)28(25)24-26)34(44)38-19-14-31(42)36-17-10-21-40(7-3)8-4;;/h11-12,15,22-24H,5-10,13-14,16-21H2,1-4H3,(H,35,41)(H,36,42)(H,37,43)(H,38,44);2*1H. The fourth-order valence-electron chi connectivity index (χ4n) is 5.27. The van der Waals surface area contributed by atoms with Crippen LogP contribution >= 0.6 is 36.2 Å². The van der Waals surface area contributed by atoms with Gasteiger partial charge < -0.3 is 31.1 Å². The summed E-state index contributed by atoms with van der Waals surface area (Å²) < 4.78 is 0.830. The van der Waals surface area contributed by atoms with Gasteiger partial charge in [0.1, 0.15) is 0 Å². The van der Waals surface area contributed by atoms with Gasteiger partial charge in [-0.1, -0.05) is 33.8 Å². The quantitative estimate of drug-likeness (QED) is 0.125. The highest BCUT2D eigenvalue weighted by atomic mass is 35.5. The summed E-state index contributed by atoms with van der Waals surface area (Å²) in [7, 11) is 0. The second-order valence-corrected chi connectivity index (χ2v) is 11.9. The van der Waals surface area contributed by atoms with E-state index in [0.717, 1.165) is 73.0 Å². The van der Waals surface area contributed by atoms with Crippen LogP contribution in [-0.4, -0.2) is 98.9 Å². The second-order valence-electron chi connectivity index (χ2n) is 11.0. The van der Waals surface area contributed by atoms with Gasteiger partial charge in [-0.3, -0.25) is 19.2 Å². The number of hydrogen-bond donors (Lipinski definition) is 4. The Hall–Kier alpha value is -2.96. The van der Waals surface area contributed by atoms with Crippen LogP contribution in [0.15, 0.2) is 35.7 Å². The van der Waals surface area contributed by atoms with Crippen LogP contribution in [0.25, 0.3) is 20.9 Å². The Kier molecular flexibility index (Phi) is 20.2. The van der Waals surface area contributed by atoms with Gasteiger partial charge in [0.15, 0.2) is 0 Å². The molecule has 3 aromatic rings. The third-order valence-corrected chi connectivity index (χ3v) is 9.02. The van der Waals surface area contributed by atoms with Crippen LogP contribution in [0.3, 0.4) is 0 Å². The van der Waals surface area contributed by atoms with Gasteiger partial charge in [-0.2, -0.15) is 0 Å². The van der Waals surface area contributed by atoms with Gasteiger partial charge in [0.05, 0.1) is 5.56 Å². The van der Waals surface area contributed by atoms with E-state index in [1.54, 1.807) is 6.07 Å². The SMILES string of the molecule is CCN(CC)CCCNC(=O)CCNC(=O)c1ccc2cc(C(=O)NCCC(=O)NCCCN(CC)CC)c3sccc3c2c1.Cl.Cl. The molecule has 0 aliphatic heterocycles. The lowest BCUT2D eigenvalue weighted by Gasteiger charge is -2.17. The van der Waals surface area contributed by atoms with Gasteiger partial charge in [0.2, 0.25) is 11.8 Å². The van der Waals surface area contributed by atoms with Gasteiger partial charge in [0, 0.05) is 54.7 Å². The Morgan fingerprint density at radius 3 is 1.70 bits per heavy atom. The highest BCUT2D eigenvalue weighted by Crippen LogP contribution is 2.33. The van der Waals surface area contributed by atoms with Crippen LogP contribution in [0.1, 0.15) is 74.1 Å². The molecule has 1 aromatic heterocycles. The van der Waals surface area contributed by atoms with Crippen LogP contribution in [0.5, 0.6) is 0 Å². The van der Waals surface area contributed by atoms with Crippen molar-refractivity contribution in [2.45, 2.75) is 53.4 Å². The molecular formula is C34H52Cl2N6O4S. The van der Waals surface area contributed by atoms with Crippen molar-refractivity contribution in [1.29, 1.82) is 0 Å². The largest absolute Gasteiger partial charge is 0.356 e. The average Bonchev–Trinajstić information content (AvgIpc) is 3.55. The van der Waals surface area contributed by atoms with Crippen LogP contribution in [0.4, 0.5) is 0 Å². The first kappa shape index (κ1) is 42.1. The first-order valence-electron chi connectivity index (χ1n) is 16.3. The summed E-state index contributed by atoms with van der Waals surface area (Å²) in [6.07, 6.45) is 2.22. The summed E-state index contributed by atoms with van der Waals surface area (Å²) in [5.74, 6) is -0.632. The molecular weight excluding hydrogens is 659 g/mol. The average molecular weight is 712 g/mol. The molecule has 10 nitrogen and oxygen atoms in total. The molecule has 0 atom stereocenters. The van der Waals surface area contributed by atoms with Crippen LogP contribution < -0.4 is 21.3 Å². The molecule has 4 amide bonds. The number of carbonyl (C=O) groups is 4. The van der Waals surface area contributed by atoms with E-state index in [9.17, 15) is 19.2 Å². The zero-order valence-electron chi connectivity index (χ0n) is 28.1. The van der Waals surface area contributed by atoms with Crippen molar-refractivity contribution in [3.8, 4) is 0 Å². The number of hydrogen-bond acceptors (Lipinski definition) is 7. The van der Waals surface area contributed by atoms with Crippen molar-refractivity contribution in [3.05, 3.63) is 46.8 Å². The zero-order valence-corrected chi connectivity index (χ0v) is 30.6. The van der Waals surface area contributed by atoms with Crippen molar-refractivity contribution in [3.63, 3.8) is 0 Å². The number of nitrogens with zero attached hydrogens (tertiary/aromatic N) is 2. The maximum atomic E-state index is 13.1. The fraction of sp³-hybridized carbons (Fsp3) is 0.529. The smallest absolute Gasteiger partial charge is 0.252 e. The number of rotatable bonds is 20. The topological polar surface area (TPSA) is 123 Å². The monoisotopic (exact) mass is 710 g/mol. The van der Waals surface area contributed by atoms with Crippen LogP contribution in [0.2, 0.25) is 0 Å². The van der Waals surface area contributed by atoms with E-state index in [0.29, 0.717) is 24.2 Å². The van der Waals surface area contributed by atoms with Gasteiger partial charge >= 0.3 is 0 Å². The number of carbonyl (C=O) groups excluding carboxylic acids is 4.